The Labute approximate surface area is 163 Å². The lowest BCUT2D eigenvalue weighted by Crippen LogP contribution is -2.41. The Balaban J connectivity index is 1.31. The zero-order chi connectivity index (χ0) is 19.2. The second-order valence-corrected chi connectivity index (χ2v) is 6.60. The smallest absolute Gasteiger partial charge is 0.253 e. The normalized spacial score (nSPS) is 14.5. The van der Waals surface area contributed by atoms with Crippen LogP contribution in [0.3, 0.4) is 0 Å². The first-order valence-corrected chi connectivity index (χ1v) is 9.33. The van der Waals surface area contributed by atoms with Crippen molar-refractivity contribution in [3.8, 4) is 17.4 Å². The maximum Gasteiger partial charge on any atom is 0.253 e. The van der Waals surface area contributed by atoms with E-state index < -0.39 is 0 Å². The molecule has 1 fully saturated rings. The molecule has 0 aliphatic carbocycles. The lowest BCUT2D eigenvalue weighted by molar-refractivity contribution is 0.0587. The van der Waals surface area contributed by atoms with Gasteiger partial charge >= 0.3 is 0 Å². The van der Waals surface area contributed by atoms with Crippen molar-refractivity contribution in [2.24, 2.45) is 0 Å². The predicted octanol–water partition coefficient (Wildman–Crippen LogP) is 3.95. The Morgan fingerprint density at radius 3 is 2.32 bits per heavy atom. The summed E-state index contributed by atoms with van der Waals surface area (Å²) in [5.74, 6) is 2.09. The van der Waals surface area contributed by atoms with Gasteiger partial charge in [-0.1, -0.05) is 18.2 Å². The molecular formula is C22H21N3O3. The van der Waals surface area contributed by atoms with E-state index in [-0.39, 0.29) is 12.0 Å². The average molecular weight is 375 g/mol. The lowest BCUT2D eigenvalue weighted by Gasteiger charge is -2.32. The molecule has 6 heteroatoms. The number of amides is 1. The van der Waals surface area contributed by atoms with E-state index in [0.29, 0.717) is 30.3 Å². The van der Waals surface area contributed by atoms with Crippen molar-refractivity contribution < 1.29 is 14.3 Å². The Hall–Kier alpha value is -3.41. The van der Waals surface area contributed by atoms with Crippen LogP contribution in [0.5, 0.6) is 17.4 Å². The van der Waals surface area contributed by atoms with E-state index in [1.165, 1.54) is 6.33 Å². The first-order chi connectivity index (χ1) is 13.8. The molecule has 142 valence electrons. The molecule has 0 unspecified atom stereocenters. The zero-order valence-corrected chi connectivity index (χ0v) is 15.4. The van der Waals surface area contributed by atoms with Crippen molar-refractivity contribution in [3.63, 3.8) is 0 Å². The number of aromatic nitrogens is 2. The second kappa shape index (κ2) is 8.52. The van der Waals surface area contributed by atoms with Crippen LogP contribution in [0.25, 0.3) is 0 Å². The van der Waals surface area contributed by atoms with Crippen LogP contribution in [0.4, 0.5) is 0 Å². The number of carbonyl (C=O) groups is 1. The number of rotatable bonds is 5. The number of para-hydroxylation sites is 1. The van der Waals surface area contributed by atoms with E-state index in [4.69, 9.17) is 9.47 Å². The summed E-state index contributed by atoms with van der Waals surface area (Å²) in [4.78, 5) is 22.6. The van der Waals surface area contributed by atoms with Crippen molar-refractivity contribution in [3.05, 3.63) is 78.8 Å². The van der Waals surface area contributed by atoms with E-state index in [1.807, 2.05) is 59.5 Å². The van der Waals surface area contributed by atoms with E-state index in [9.17, 15) is 4.79 Å². The van der Waals surface area contributed by atoms with Crippen LogP contribution in [0.1, 0.15) is 23.2 Å². The van der Waals surface area contributed by atoms with Gasteiger partial charge in [-0.05, 0) is 36.4 Å². The van der Waals surface area contributed by atoms with Crippen LogP contribution >= 0.6 is 0 Å². The standard InChI is InChI=1S/C22H21N3O3/c26-22(17-6-8-19(9-7-17)27-18-4-2-1-3-5-18)25-14-11-20(12-15-25)28-21-10-13-23-16-24-21/h1-10,13,16,20H,11-12,14-15H2. The molecule has 0 saturated carbocycles. The number of hydrogen-bond donors (Lipinski definition) is 0. The van der Waals surface area contributed by atoms with Crippen LogP contribution in [0.2, 0.25) is 0 Å². The minimum Gasteiger partial charge on any atom is -0.474 e. The molecule has 1 aliphatic heterocycles. The summed E-state index contributed by atoms with van der Waals surface area (Å²) < 4.78 is 11.6. The first kappa shape index (κ1) is 18.0. The number of ether oxygens (including phenoxy) is 2. The van der Waals surface area contributed by atoms with Gasteiger partial charge in [0.25, 0.3) is 5.91 Å². The largest absolute Gasteiger partial charge is 0.474 e. The highest BCUT2D eigenvalue weighted by Crippen LogP contribution is 2.23. The van der Waals surface area contributed by atoms with Crippen molar-refractivity contribution in [2.45, 2.75) is 18.9 Å². The molecule has 0 spiro atoms. The molecule has 0 radical (unpaired) electrons. The topological polar surface area (TPSA) is 64.5 Å². The van der Waals surface area contributed by atoms with Gasteiger partial charge in [-0.2, -0.15) is 0 Å². The van der Waals surface area contributed by atoms with Crippen LogP contribution < -0.4 is 9.47 Å². The number of carbonyl (C=O) groups excluding carboxylic acids is 1. The van der Waals surface area contributed by atoms with Gasteiger partial charge in [0.05, 0.1) is 0 Å². The first-order valence-electron chi connectivity index (χ1n) is 9.33. The van der Waals surface area contributed by atoms with Gasteiger partial charge in [-0.15, -0.1) is 0 Å². The van der Waals surface area contributed by atoms with Crippen LogP contribution in [-0.2, 0) is 0 Å². The highest BCUT2D eigenvalue weighted by molar-refractivity contribution is 5.94. The lowest BCUT2D eigenvalue weighted by atomic mass is 10.1. The Bertz CT molecular complexity index is 893. The summed E-state index contributed by atoms with van der Waals surface area (Å²) in [7, 11) is 0. The quantitative estimate of drug-likeness (QED) is 0.676. The van der Waals surface area contributed by atoms with Crippen molar-refractivity contribution in [2.75, 3.05) is 13.1 Å². The van der Waals surface area contributed by atoms with E-state index in [1.54, 1.807) is 12.3 Å². The molecular weight excluding hydrogens is 354 g/mol. The fourth-order valence-corrected chi connectivity index (χ4v) is 3.17. The minimum absolute atomic E-state index is 0.0340. The number of nitrogens with zero attached hydrogens (tertiary/aromatic N) is 3. The SMILES string of the molecule is O=C(c1ccc(Oc2ccccc2)cc1)N1CCC(Oc2ccncn2)CC1. The third kappa shape index (κ3) is 4.46. The molecule has 2 heterocycles. The predicted molar refractivity (Wildman–Crippen MR) is 105 cm³/mol. The molecule has 3 aromatic rings. The molecule has 2 aromatic carbocycles. The summed E-state index contributed by atoms with van der Waals surface area (Å²) >= 11 is 0. The molecule has 28 heavy (non-hydrogen) atoms. The fraction of sp³-hybridized carbons (Fsp3) is 0.227. The fourth-order valence-electron chi connectivity index (χ4n) is 3.17. The van der Waals surface area contributed by atoms with Crippen LogP contribution in [0, 0.1) is 0 Å². The molecule has 1 aromatic heterocycles. The maximum atomic E-state index is 12.8. The van der Waals surface area contributed by atoms with Crippen molar-refractivity contribution in [1.29, 1.82) is 0 Å². The van der Waals surface area contributed by atoms with E-state index >= 15 is 0 Å². The number of likely N-dealkylation sites (tertiary alicyclic amines) is 1. The molecule has 0 N–H and O–H groups in total. The van der Waals surface area contributed by atoms with Gasteiger partial charge in [0.15, 0.2) is 0 Å². The third-order valence-corrected chi connectivity index (χ3v) is 4.65. The summed E-state index contributed by atoms with van der Waals surface area (Å²) in [6.07, 6.45) is 4.77. The molecule has 4 rings (SSSR count). The number of benzene rings is 2. The number of hydrogen-bond acceptors (Lipinski definition) is 5. The van der Waals surface area contributed by atoms with Gasteiger partial charge < -0.3 is 14.4 Å². The van der Waals surface area contributed by atoms with Crippen molar-refractivity contribution >= 4 is 5.91 Å². The second-order valence-electron chi connectivity index (χ2n) is 6.60. The molecule has 0 atom stereocenters. The Morgan fingerprint density at radius 2 is 1.64 bits per heavy atom. The minimum atomic E-state index is 0.0340. The van der Waals surface area contributed by atoms with Gasteiger partial charge in [-0.25, -0.2) is 9.97 Å². The highest BCUT2D eigenvalue weighted by atomic mass is 16.5. The van der Waals surface area contributed by atoms with Crippen LogP contribution in [0.15, 0.2) is 73.2 Å². The Kier molecular flexibility index (Phi) is 5.47. The Morgan fingerprint density at radius 1 is 0.929 bits per heavy atom. The van der Waals surface area contributed by atoms with E-state index in [2.05, 4.69) is 9.97 Å². The average Bonchev–Trinajstić information content (AvgIpc) is 2.76. The van der Waals surface area contributed by atoms with Gasteiger partial charge in [0.1, 0.15) is 23.9 Å². The van der Waals surface area contributed by atoms with Gasteiger partial charge in [0.2, 0.25) is 5.88 Å². The summed E-state index contributed by atoms with van der Waals surface area (Å²) in [6, 6.07) is 18.6. The van der Waals surface area contributed by atoms with Gasteiger partial charge in [-0.3, -0.25) is 4.79 Å². The summed E-state index contributed by atoms with van der Waals surface area (Å²) in [6.45, 7) is 1.33. The van der Waals surface area contributed by atoms with Gasteiger partial charge in [0, 0.05) is 43.8 Å². The molecule has 1 saturated heterocycles. The van der Waals surface area contributed by atoms with E-state index in [0.717, 1.165) is 18.6 Å². The molecule has 6 nitrogen and oxygen atoms in total. The number of piperidine rings is 1. The molecule has 1 amide bonds. The summed E-state index contributed by atoms with van der Waals surface area (Å²) in [5.41, 5.74) is 0.663. The third-order valence-electron chi connectivity index (χ3n) is 4.65. The summed E-state index contributed by atoms with van der Waals surface area (Å²) in [5, 5.41) is 0. The van der Waals surface area contributed by atoms with Crippen LogP contribution in [-0.4, -0.2) is 40.0 Å². The maximum absolute atomic E-state index is 12.8. The van der Waals surface area contributed by atoms with Crippen molar-refractivity contribution in [1.82, 2.24) is 14.9 Å². The molecule has 1 aliphatic rings. The monoisotopic (exact) mass is 375 g/mol. The zero-order valence-electron chi connectivity index (χ0n) is 15.4. The molecule has 0 bridgehead atoms. The highest BCUT2D eigenvalue weighted by Gasteiger charge is 2.25.